The summed E-state index contributed by atoms with van der Waals surface area (Å²) in [6, 6.07) is 14.9. The summed E-state index contributed by atoms with van der Waals surface area (Å²) in [6.45, 7) is 2.25. The van der Waals surface area contributed by atoms with E-state index in [1.165, 1.54) is 18.5 Å². The first-order chi connectivity index (χ1) is 11.2. The second-order valence-corrected chi connectivity index (χ2v) is 5.51. The molecule has 1 fully saturated rings. The highest BCUT2D eigenvalue weighted by atomic mass is 16.4. The van der Waals surface area contributed by atoms with Gasteiger partial charge in [0, 0.05) is 18.8 Å². The molecule has 1 aliphatic heterocycles. The normalized spacial score (nSPS) is 14.3. The van der Waals surface area contributed by atoms with Gasteiger partial charge in [0.1, 0.15) is 0 Å². The van der Waals surface area contributed by atoms with Crippen molar-refractivity contribution in [3.63, 3.8) is 0 Å². The number of carbonyl (C=O) groups is 1. The van der Waals surface area contributed by atoms with Gasteiger partial charge in [0.05, 0.1) is 17.5 Å². The molecule has 5 heteroatoms. The van der Waals surface area contributed by atoms with Crippen LogP contribution in [0.4, 0.5) is 11.4 Å². The van der Waals surface area contributed by atoms with Crippen molar-refractivity contribution in [2.75, 3.05) is 23.4 Å². The Kier molecular flexibility index (Phi) is 4.57. The first kappa shape index (κ1) is 15.1. The summed E-state index contributed by atoms with van der Waals surface area (Å²) in [7, 11) is 0. The van der Waals surface area contributed by atoms with Crippen LogP contribution in [-0.4, -0.2) is 30.4 Å². The molecule has 5 nitrogen and oxygen atoms in total. The van der Waals surface area contributed by atoms with Gasteiger partial charge in [0.15, 0.2) is 0 Å². The highest BCUT2D eigenvalue weighted by molar-refractivity contribution is 5.94. The van der Waals surface area contributed by atoms with Gasteiger partial charge in [-0.25, -0.2) is 4.79 Å². The van der Waals surface area contributed by atoms with Crippen LogP contribution >= 0.6 is 0 Å². The molecular formula is C18H19N3O2. The molecule has 2 aromatic carbocycles. The van der Waals surface area contributed by atoms with E-state index in [0.717, 1.165) is 18.7 Å². The predicted molar refractivity (Wildman–Crippen MR) is 92.5 cm³/mol. The highest BCUT2D eigenvalue weighted by Gasteiger charge is 2.11. The average molecular weight is 309 g/mol. The van der Waals surface area contributed by atoms with Crippen LogP contribution in [0.2, 0.25) is 0 Å². The van der Waals surface area contributed by atoms with Gasteiger partial charge in [-0.3, -0.25) is 5.43 Å². The van der Waals surface area contributed by atoms with Crippen LogP contribution in [0.3, 0.4) is 0 Å². The Balaban J connectivity index is 1.65. The fraction of sp³-hybridized carbons (Fsp3) is 0.222. The molecule has 0 atom stereocenters. The smallest absolute Gasteiger partial charge is 0.337 e. The van der Waals surface area contributed by atoms with Crippen molar-refractivity contribution in [2.45, 2.75) is 12.8 Å². The van der Waals surface area contributed by atoms with Gasteiger partial charge >= 0.3 is 5.97 Å². The van der Waals surface area contributed by atoms with Crippen LogP contribution in [0.5, 0.6) is 0 Å². The Bertz CT molecular complexity index is 704. The first-order valence-electron chi connectivity index (χ1n) is 7.70. The maximum absolute atomic E-state index is 11.1. The lowest BCUT2D eigenvalue weighted by Gasteiger charge is -2.17. The SMILES string of the molecule is O=C(O)c1ccccc1N/N=C/c1ccc(N2CCCC2)cc1. The molecule has 0 amide bonds. The lowest BCUT2D eigenvalue weighted by Crippen LogP contribution is -2.17. The number of carboxylic acids is 1. The van der Waals surface area contributed by atoms with Crippen LogP contribution in [-0.2, 0) is 0 Å². The Morgan fingerprint density at radius 1 is 1.09 bits per heavy atom. The van der Waals surface area contributed by atoms with Crippen LogP contribution in [0.25, 0.3) is 0 Å². The Hall–Kier alpha value is -2.82. The van der Waals surface area contributed by atoms with E-state index in [1.54, 1.807) is 30.5 Å². The molecule has 0 aromatic heterocycles. The van der Waals surface area contributed by atoms with E-state index in [9.17, 15) is 4.79 Å². The predicted octanol–water partition coefficient (Wildman–Crippen LogP) is 3.43. The highest BCUT2D eigenvalue weighted by Crippen LogP contribution is 2.20. The summed E-state index contributed by atoms with van der Waals surface area (Å²) >= 11 is 0. The summed E-state index contributed by atoms with van der Waals surface area (Å²) in [5.74, 6) is -0.974. The van der Waals surface area contributed by atoms with Gasteiger partial charge in [-0.15, -0.1) is 0 Å². The molecule has 2 N–H and O–H groups in total. The molecule has 0 saturated carbocycles. The molecule has 1 heterocycles. The van der Waals surface area contributed by atoms with E-state index in [2.05, 4.69) is 27.6 Å². The number of anilines is 2. The lowest BCUT2D eigenvalue weighted by molar-refractivity contribution is 0.0698. The Labute approximate surface area is 135 Å². The Morgan fingerprint density at radius 3 is 2.48 bits per heavy atom. The summed E-state index contributed by atoms with van der Waals surface area (Å²) in [4.78, 5) is 13.5. The van der Waals surface area contributed by atoms with Crippen LogP contribution in [0.15, 0.2) is 53.6 Å². The van der Waals surface area contributed by atoms with Gasteiger partial charge in [0.25, 0.3) is 0 Å². The zero-order valence-corrected chi connectivity index (χ0v) is 12.8. The minimum absolute atomic E-state index is 0.203. The number of benzene rings is 2. The summed E-state index contributed by atoms with van der Waals surface area (Å²) < 4.78 is 0. The number of carboxylic acid groups (broad SMARTS) is 1. The second-order valence-electron chi connectivity index (χ2n) is 5.51. The van der Waals surface area contributed by atoms with E-state index in [4.69, 9.17) is 5.11 Å². The van der Waals surface area contributed by atoms with E-state index >= 15 is 0 Å². The molecule has 23 heavy (non-hydrogen) atoms. The van der Waals surface area contributed by atoms with E-state index in [1.807, 2.05) is 12.1 Å². The maximum Gasteiger partial charge on any atom is 0.337 e. The van der Waals surface area contributed by atoms with Crippen molar-refractivity contribution in [3.05, 3.63) is 59.7 Å². The molecule has 3 rings (SSSR count). The summed E-state index contributed by atoms with van der Waals surface area (Å²) in [6.07, 6.45) is 4.21. The molecule has 1 saturated heterocycles. The summed E-state index contributed by atoms with van der Waals surface area (Å²) in [5.41, 5.74) is 5.68. The van der Waals surface area contributed by atoms with Crippen LogP contribution in [0, 0.1) is 0 Å². The number of nitrogens with one attached hydrogen (secondary N) is 1. The fourth-order valence-electron chi connectivity index (χ4n) is 2.69. The van der Waals surface area contributed by atoms with Gasteiger partial charge in [0.2, 0.25) is 0 Å². The maximum atomic E-state index is 11.1. The number of para-hydroxylation sites is 1. The minimum Gasteiger partial charge on any atom is -0.478 e. The van der Waals surface area contributed by atoms with Gasteiger partial charge < -0.3 is 10.0 Å². The third-order valence-corrected chi connectivity index (χ3v) is 3.92. The molecule has 118 valence electrons. The topological polar surface area (TPSA) is 64.9 Å². The van der Waals surface area contributed by atoms with E-state index in [-0.39, 0.29) is 5.56 Å². The van der Waals surface area contributed by atoms with Crippen molar-refractivity contribution < 1.29 is 9.90 Å². The molecule has 0 unspecified atom stereocenters. The fourth-order valence-corrected chi connectivity index (χ4v) is 2.69. The third kappa shape index (κ3) is 3.69. The zero-order chi connectivity index (χ0) is 16.1. The minimum atomic E-state index is -0.974. The van der Waals surface area contributed by atoms with Gasteiger partial charge in [-0.05, 0) is 42.7 Å². The standard InChI is InChI=1S/C18H19N3O2/c22-18(23)16-5-1-2-6-17(16)20-19-13-14-7-9-15(10-8-14)21-11-3-4-12-21/h1-2,5-10,13,20H,3-4,11-12H2,(H,22,23)/b19-13+. The van der Waals surface area contributed by atoms with Gasteiger partial charge in [-0.1, -0.05) is 24.3 Å². The molecule has 0 aliphatic carbocycles. The molecule has 1 aliphatic rings. The number of hydrogen-bond acceptors (Lipinski definition) is 4. The lowest BCUT2D eigenvalue weighted by atomic mass is 10.2. The number of aromatic carboxylic acids is 1. The third-order valence-electron chi connectivity index (χ3n) is 3.92. The van der Waals surface area contributed by atoms with Gasteiger partial charge in [-0.2, -0.15) is 5.10 Å². The molecule has 2 aromatic rings. The van der Waals surface area contributed by atoms with Crippen molar-refractivity contribution in [1.82, 2.24) is 0 Å². The Morgan fingerprint density at radius 2 is 1.78 bits per heavy atom. The van der Waals surface area contributed by atoms with Crippen LogP contribution in [0.1, 0.15) is 28.8 Å². The summed E-state index contributed by atoms with van der Waals surface area (Å²) in [5, 5.41) is 13.3. The number of hydrogen-bond donors (Lipinski definition) is 2. The zero-order valence-electron chi connectivity index (χ0n) is 12.8. The number of nitrogens with zero attached hydrogens (tertiary/aromatic N) is 2. The molecular weight excluding hydrogens is 290 g/mol. The molecule has 0 spiro atoms. The van der Waals surface area contributed by atoms with Crippen molar-refractivity contribution in [2.24, 2.45) is 5.10 Å². The molecule has 0 radical (unpaired) electrons. The second kappa shape index (κ2) is 6.96. The van der Waals surface area contributed by atoms with Crippen molar-refractivity contribution in [3.8, 4) is 0 Å². The van der Waals surface area contributed by atoms with E-state index < -0.39 is 5.97 Å². The van der Waals surface area contributed by atoms with Crippen molar-refractivity contribution >= 4 is 23.6 Å². The average Bonchev–Trinajstić information content (AvgIpc) is 3.10. The van der Waals surface area contributed by atoms with E-state index in [0.29, 0.717) is 5.69 Å². The van der Waals surface area contributed by atoms with Crippen molar-refractivity contribution in [1.29, 1.82) is 0 Å². The monoisotopic (exact) mass is 309 g/mol. The number of hydrazone groups is 1. The quantitative estimate of drug-likeness (QED) is 0.656. The molecule has 0 bridgehead atoms. The first-order valence-corrected chi connectivity index (χ1v) is 7.70. The van der Waals surface area contributed by atoms with Crippen LogP contribution < -0.4 is 10.3 Å². The largest absolute Gasteiger partial charge is 0.478 e. The number of rotatable bonds is 5.